The zero-order valence-corrected chi connectivity index (χ0v) is 11.8. The van der Waals surface area contributed by atoms with Gasteiger partial charge in [-0.25, -0.2) is 9.37 Å². The van der Waals surface area contributed by atoms with Gasteiger partial charge < -0.3 is 10.1 Å². The monoisotopic (exact) mass is 274 g/mol. The molecule has 0 fully saturated rings. The van der Waals surface area contributed by atoms with Crippen molar-refractivity contribution in [2.24, 2.45) is 0 Å². The Morgan fingerprint density at radius 3 is 2.80 bits per heavy atom. The van der Waals surface area contributed by atoms with Gasteiger partial charge in [0.05, 0.1) is 5.69 Å². The number of nitrogens with zero attached hydrogens (tertiary/aromatic N) is 1. The summed E-state index contributed by atoms with van der Waals surface area (Å²) in [6, 6.07) is 10.8. The van der Waals surface area contributed by atoms with Crippen LogP contribution in [0.3, 0.4) is 0 Å². The number of hydrogen-bond acceptors (Lipinski definition) is 3. The van der Waals surface area contributed by atoms with Crippen LogP contribution in [0, 0.1) is 12.7 Å². The molecule has 1 heterocycles. The van der Waals surface area contributed by atoms with Crippen LogP contribution in [0.25, 0.3) is 0 Å². The van der Waals surface area contributed by atoms with Gasteiger partial charge in [0.25, 0.3) is 0 Å². The van der Waals surface area contributed by atoms with Crippen molar-refractivity contribution in [3.05, 3.63) is 53.5 Å². The van der Waals surface area contributed by atoms with Gasteiger partial charge in [0.15, 0.2) is 11.6 Å². The highest BCUT2D eigenvalue weighted by molar-refractivity contribution is 5.35. The van der Waals surface area contributed by atoms with E-state index in [0.29, 0.717) is 5.56 Å². The van der Waals surface area contributed by atoms with Crippen molar-refractivity contribution < 1.29 is 9.13 Å². The van der Waals surface area contributed by atoms with Crippen molar-refractivity contribution in [2.75, 3.05) is 11.9 Å². The third-order valence-corrected chi connectivity index (χ3v) is 2.89. The van der Waals surface area contributed by atoms with Gasteiger partial charge in [-0.05, 0) is 37.1 Å². The van der Waals surface area contributed by atoms with Crippen LogP contribution in [0.15, 0.2) is 36.4 Å². The molecular formula is C16H19FN2O. The molecule has 0 aliphatic carbocycles. The lowest BCUT2D eigenvalue weighted by molar-refractivity contribution is 0.285. The molecule has 0 radical (unpaired) electrons. The number of aromatic nitrogens is 1. The predicted octanol–water partition coefficient (Wildman–Crippen LogP) is 3.93. The van der Waals surface area contributed by atoms with Gasteiger partial charge in [0, 0.05) is 6.54 Å². The first kappa shape index (κ1) is 14.3. The average Bonchev–Trinajstić information content (AvgIpc) is 2.47. The standard InChI is InChI=1S/C16H19FN2O/c1-3-10-18-15-9-5-7-13(19-15)11-20-14-8-4-6-12(2)16(14)17/h4-9H,3,10-11H2,1-2H3,(H,18,19). The second-order valence-corrected chi connectivity index (χ2v) is 4.62. The minimum absolute atomic E-state index is 0.252. The van der Waals surface area contributed by atoms with Crippen molar-refractivity contribution in [1.29, 1.82) is 0 Å². The Hall–Kier alpha value is -2.10. The van der Waals surface area contributed by atoms with Crippen molar-refractivity contribution in [2.45, 2.75) is 26.9 Å². The van der Waals surface area contributed by atoms with Gasteiger partial charge in [0.2, 0.25) is 0 Å². The maximum Gasteiger partial charge on any atom is 0.167 e. The highest BCUT2D eigenvalue weighted by Gasteiger charge is 2.06. The molecule has 0 spiro atoms. The Kier molecular flexibility index (Phi) is 4.93. The van der Waals surface area contributed by atoms with Crippen LogP contribution >= 0.6 is 0 Å². The first-order valence-corrected chi connectivity index (χ1v) is 6.78. The molecule has 0 amide bonds. The molecule has 0 unspecified atom stereocenters. The first-order chi connectivity index (χ1) is 9.70. The summed E-state index contributed by atoms with van der Waals surface area (Å²) in [6.45, 7) is 4.95. The second-order valence-electron chi connectivity index (χ2n) is 4.62. The number of rotatable bonds is 6. The van der Waals surface area contributed by atoms with Crippen LogP contribution in [0.4, 0.5) is 10.2 Å². The molecule has 20 heavy (non-hydrogen) atoms. The number of pyridine rings is 1. The molecule has 2 aromatic rings. The van der Waals surface area contributed by atoms with E-state index >= 15 is 0 Å². The minimum atomic E-state index is -0.312. The van der Waals surface area contributed by atoms with E-state index in [4.69, 9.17) is 4.74 Å². The van der Waals surface area contributed by atoms with Gasteiger partial charge in [-0.3, -0.25) is 0 Å². The minimum Gasteiger partial charge on any atom is -0.484 e. The van der Waals surface area contributed by atoms with Gasteiger partial charge in [-0.2, -0.15) is 0 Å². The molecule has 4 heteroatoms. The molecule has 106 valence electrons. The lowest BCUT2D eigenvalue weighted by Gasteiger charge is -2.09. The van der Waals surface area contributed by atoms with Gasteiger partial charge >= 0.3 is 0 Å². The third-order valence-electron chi connectivity index (χ3n) is 2.89. The molecular weight excluding hydrogens is 255 g/mol. The normalized spacial score (nSPS) is 10.3. The molecule has 0 saturated heterocycles. The Morgan fingerprint density at radius 2 is 2.00 bits per heavy atom. The fourth-order valence-electron chi connectivity index (χ4n) is 1.80. The second kappa shape index (κ2) is 6.89. The number of hydrogen-bond donors (Lipinski definition) is 1. The van der Waals surface area contributed by atoms with E-state index in [1.54, 1.807) is 25.1 Å². The van der Waals surface area contributed by atoms with E-state index in [2.05, 4.69) is 17.2 Å². The van der Waals surface area contributed by atoms with E-state index in [0.717, 1.165) is 24.5 Å². The average molecular weight is 274 g/mol. The summed E-state index contributed by atoms with van der Waals surface area (Å²) in [5.74, 6) is 0.768. The summed E-state index contributed by atoms with van der Waals surface area (Å²) >= 11 is 0. The zero-order chi connectivity index (χ0) is 14.4. The van der Waals surface area contributed by atoms with Crippen LogP contribution < -0.4 is 10.1 Å². The Morgan fingerprint density at radius 1 is 1.20 bits per heavy atom. The summed E-state index contributed by atoms with van der Waals surface area (Å²) < 4.78 is 19.3. The topological polar surface area (TPSA) is 34.1 Å². The third kappa shape index (κ3) is 3.70. The van der Waals surface area contributed by atoms with E-state index in [1.165, 1.54) is 0 Å². The SMILES string of the molecule is CCCNc1cccc(COc2cccc(C)c2F)n1. The number of halogens is 1. The lowest BCUT2D eigenvalue weighted by Crippen LogP contribution is -2.05. The number of aryl methyl sites for hydroxylation is 1. The molecule has 0 saturated carbocycles. The summed E-state index contributed by atoms with van der Waals surface area (Å²) in [6.07, 6.45) is 1.04. The van der Waals surface area contributed by atoms with E-state index in [1.807, 2.05) is 18.2 Å². The van der Waals surface area contributed by atoms with Crippen molar-refractivity contribution in [3.63, 3.8) is 0 Å². The highest BCUT2D eigenvalue weighted by Crippen LogP contribution is 2.20. The number of anilines is 1. The van der Waals surface area contributed by atoms with Crippen LogP contribution in [-0.2, 0) is 6.61 Å². The van der Waals surface area contributed by atoms with Crippen LogP contribution in [0.1, 0.15) is 24.6 Å². The van der Waals surface area contributed by atoms with E-state index < -0.39 is 0 Å². The Bertz CT molecular complexity index is 572. The number of ether oxygens (including phenoxy) is 1. The first-order valence-electron chi connectivity index (χ1n) is 6.78. The van der Waals surface area contributed by atoms with Gasteiger partial charge in [-0.15, -0.1) is 0 Å². The highest BCUT2D eigenvalue weighted by atomic mass is 19.1. The quantitative estimate of drug-likeness (QED) is 0.866. The number of nitrogens with one attached hydrogen (secondary N) is 1. The van der Waals surface area contributed by atoms with Crippen molar-refractivity contribution in [1.82, 2.24) is 4.98 Å². The van der Waals surface area contributed by atoms with Crippen LogP contribution in [0.5, 0.6) is 5.75 Å². The molecule has 3 nitrogen and oxygen atoms in total. The van der Waals surface area contributed by atoms with Gasteiger partial charge in [-0.1, -0.05) is 25.1 Å². The van der Waals surface area contributed by atoms with Crippen LogP contribution in [0.2, 0.25) is 0 Å². The fraction of sp³-hybridized carbons (Fsp3) is 0.312. The summed E-state index contributed by atoms with van der Waals surface area (Å²) in [5.41, 5.74) is 1.35. The smallest absolute Gasteiger partial charge is 0.167 e. The van der Waals surface area contributed by atoms with Crippen molar-refractivity contribution in [3.8, 4) is 5.75 Å². The Balaban J connectivity index is 2.01. The molecule has 1 aromatic carbocycles. The summed E-state index contributed by atoms with van der Waals surface area (Å²) in [7, 11) is 0. The molecule has 2 rings (SSSR count). The summed E-state index contributed by atoms with van der Waals surface area (Å²) in [5, 5.41) is 3.21. The van der Waals surface area contributed by atoms with Crippen LogP contribution in [-0.4, -0.2) is 11.5 Å². The number of benzene rings is 1. The van der Waals surface area contributed by atoms with E-state index in [-0.39, 0.29) is 18.2 Å². The lowest BCUT2D eigenvalue weighted by atomic mass is 10.2. The molecule has 0 atom stereocenters. The fourth-order valence-corrected chi connectivity index (χ4v) is 1.80. The summed E-state index contributed by atoms with van der Waals surface area (Å²) in [4.78, 5) is 4.42. The van der Waals surface area contributed by atoms with E-state index in [9.17, 15) is 4.39 Å². The largest absolute Gasteiger partial charge is 0.484 e. The zero-order valence-electron chi connectivity index (χ0n) is 11.8. The molecule has 0 bridgehead atoms. The molecule has 0 aliphatic rings. The van der Waals surface area contributed by atoms with Crippen molar-refractivity contribution >= 4 is 5.82 Å². The maximum atomic E-state index is 13.8. The maximum absolute atomic E-state index is 13.8. The molecule has 1 N–H and O–H groups in total. The predicted molar refractivity (Wildman–Crippen MR) is 78.5 cm³/mol. The molecule has 0 aliphatic heterocycles. The molecule has 1 aromatic heterocycles. The van der Waals surface area contributed by atoms with Gasteiger partial charge in [0.1, 0.15) is 12.4 Å². The Labute approximate surface area is 118 Å².